The van der Waals surface area contributed by atoms with Crippen molar-refractivity contribution in [3.63, 3.8) is 0 Å². The van der Waals surface area contributed by atoms with Gasteiger partial charge in [-0.25, -0.2) is 0 Å². The molecule has 274 valence electrons. The molecule has 0 aromatic carbocycles. The van der Waals surface area contributed by atoms with Crippen LogP contribution in [0, 0.1) is 62.1 Å². The molecule has 5 rings (SSSR count). The first-order valence-corrected chi connectivity index (χ1v) is 20.6. The molecule has 0 aromatic heterocycles. The number of hydrogen-bond donors (Lipinski definition) is 0. The Hall–Kier alpha value is -1.41. The molecule has 0 spiro atoms. The quantitative estimate of drug-likeness (QED) is 0.128. The van der Waals surface area contributed by atoms with Gasteiger partial charge in [-0.3, -0.25) is 13.8 Å². The summed E-state index contributed by atoms with van der Waals surface area (Å²) in [4.78, 5) is 25.2. The third-order valence-corrected chi connectivity index (χ3v) is 16.4. The normalized spacial score (nSPS) is 42.0. The monoisotopic (exact) mass is 690 g/mol. The number of hydrogen-bond acceptors (Lipinski definition) is 7. The number of carbonyl (C=O) groups is 2. The van der Waals surface area contributed by atoms with E-state index >= 15 is 0 Å². The van der Waals surface area contributed by atoms with Crippen molar-refractivity contribution >= 4 is 22.1 Å². The lowest BCUT2D eigenvalue weighted by molar-refractivity contribution is -0.250. The average molecular weight is 691 g/mol. The van der Waals surface area contributed by atoms with Gasteiger partial charge in [0.05, 0.1) is 32.8 Å². The number of ether oxygens (including phenoxy) is 2. The first-order chi connectivity index (χ1) is 22.1. The summed E-state index contributed by atoms with van der Waals surface area (Å²) in [7, 11) is -2.08. The van der Waals surface area contributed by atoms with Crippen LogP contribution in [0.4, 0.5) is 0 Å². The Balaban J connectivity index is 1.37. The second-order valence-corrected chi connectivity index (χ2v) is 20.9. The Morgan fingerprint density at radius 3 is 2.12 bits per heavy atom. The standard InChI is InChI=1S/C40H66O7S/c1-26(2)27-14-19-40(22-23-46-48(11,43)44)21-20-38(8)28(34(27)40)12-13-30-37(7)17-16-31(36(5,6)29(37)15-18-39(30,38)9)47-33(42)25-35(3,4)24-32(41)45-10/h27-31,34H,1,12-25H2,2-11H3/t27?,28?,29?,30?,31-,34?,37-,38+,39+,40+/m0/s1. The maximum absolute atomic E-state index is 13.3. The molecule has 0 radical (unpaired) electrons. The third kappa shape index (κ3) is 6.34. The maximum atomic E-state index is 13.3. The van der Waals surface area contributed by atoms with E-state index in [2.05, 4.69) is 48.1 Å². The molecule has 0 bridgehead atoms. The highest BCUT2D eigenvalue weighted by Gasteiger charge is 2.71. The molecule has 5 unspecified atom stereocenters. The molecule has 48 heavy (non-hydrogen) atoms. The summed E-state index contributed by atoms with van der Waals surface area (Å²) in [5, 5.41) is 0. The van der Waals surface area contributed by atoms with Gasteiger partial charge in [-0.15, -0.1) is 0 Å². The highest BCUT2D eigenvalue weighted by atomic mass is 32.2. The summed E-state index contributed by atoms with van der Waals surface area (Å²) >= 11 is 0. The summed E-state index contributed by atoms with van der Waals surface area (Å²) in [5.41, 5.74) is 1.33. The van der Waals surface area contributed by atoms with E-state index < -0.39 is 15.5 Å². The van der Waals surface area contributed by atoms with Crippen LogP contribution in [0.3, 0.4) is 0 Å². The number of allylic oxidation sites excluding steroid dienone is 1. The largest absolute Gasteiger partial charge is 0.469 e. The van der Waals surface area contributed by atoms with E-state index in [4.69, 9.17) is 13.7 Å². The Labute approximate surface area is 292 Å². The molecule has 0 aliphatic heterocycles. The van der Waals surface area contributed by atoms with Crippen molar-refractivity contribution in [2.24, 2.45) is 62.1 Å². The molecular formula is C40H66O7S. The van der Waals surface area contributed by atoms with Crippen LogP contribution >= 0.6 is 0 Å². The van der Waals surface area contributed by atoms with Gasteiger partial charge in [0.25, 0.3) is 10.1 Å². The Kier molecular flexibility index (Phi) is 9.99. The van der Waals surface area contributed by atoms with E-state index in [9.17, 15) is 18.0 Å². The molecule has 5 saturated carbocycles. The fourth-order valence-electron chi connectivity index (χ4n) is 13.4. The van der Waals surface area contributed by atoms with Gasteiger partial charge in [0, 0.05) is 5.41 Å². The van der Waals surface area contributed by atoms with Crippen LogP contribution in [-0.4, -0.2) is 46.4 Å². The van der Waals surface area contributed by atoms with Crippen molar-refractivity contribution in [1.29, 1.82) is 0 Å². The van der Waals surface area contributed by atoms with Crippen LogP contribution in [0.1, 0.15) is 139 Å². The summed E-state index contributed by atoms with van der Waals surface area (Å²) in [6, 6.07) is 0. The average Bonchev–Trinajstić information content (AvgIpc) is 3.33. The van der Waals surface area contributed by atoms with Gasteiger partial charge in [-0.05, 0) is 134 Å². The second-order valence-electron chi connectivity index (χ2n) is 19.3. The maximum Gasteiger partial charge on any atom is 0.306 e. The molecule has 0 amide bonds. The fraction of sp³-hybridized carbons (Fsp3) is 0.900. The van der Waals surface area contributed by atoms with Gasteiger partial charge in [-0.1, -0.05) is 60.6 Å². The lowest BCUT2D eigenvalue weighted by Gasteiger charge is -2.73. The minimum Gasteiger partial charge on any atom is -0.469 e. The van der Waals surface area contributed by atoms with Gasteiger partial charge in [0.2, 0.25) is 0 Å². The molecule has 0 aromatic rings. The van der Waals surface area contributed by atoms with Crippen LogP contribution in [-0.2, 0) is 33.4 Å². The lowest BCUT2D eigenvalue weighted by atomic mass is 9.32. The van der Waals surface area contributed by atoms with E-state index in [1.54, 1.807) is 0 Å². The van der Waals surface area contributed by atoms with Crippen LogP contribution in [0.5, 0.6) is 0 Å². The zero-order chi connectivity index (χ0) is 35.7. The van der Waals surface area contributed by atoms with Crippen molar-refractivity contribution < 1.29 is 31.7 Å². The number of rotatable bonds is 10. The van der Waals surface area contributed by atoms with Crippen molar-refractivity contribution in [3.8, 4) is 0 Å². The summed E-state index contributed by atoms with van der Waals surface area (Å²) in [6.07, 6.45) is 13.6. The number of carbonyl (C=O) groups excluding carboxylic acids is 2. The van der Waals surface area contributed by atoms with Crippen molar-refractivity contribution in [2.75, 3.05) is 20.0 Å². The van der Waals surface area contributed by atoms with E-state index in [0.717, 1.165) is 51.2 Å². The minimum absolute atomic E-state index is 0.123. The summed E-state index contributed by atoms with van der Waals surface area (Å²) in [6.45, 7) is 23.4. The molecule has 0 saturated heterocycles. The zero-order valence-electron chi connectivity index (χ0n) is 31.8. The van der Waals surface area contributed by atoms with Crippen molar-refractivity contribution in [2.45, 2.75) is 145 Å². The minimum atomic E-state index is -3.46. The van der Waals surface area contributed by atoms with E-state index in [1.165, 1.54) is 38.4 Å². The highest BCUT2D eigenvalue weighted by Crippen LogP contribution is 2.78. The second kappa shape index (κ2) is 12.7. The first kappa shape index (κ1) is 37.8. The van der Waals surface area contributed by atoms with Gasteiger partial charge in [0.15, 0.2) is 0 Å². The Morgan fingerprint density at radius 1 is 0.833 bits per heavy atom. The molecule has 8 heteroatoms. The lowest BCUT2D eigenvalue weighted by Crippen LogP contribution is -2.66. The highest BCUT2D eigenvalue weighted by molar-refractivity contribution is 7.85. The van der Waals surface area contributed by atoms with Gasteiger partial charge >= 0.3 is 11.9 Å². The van der Waals surface area contributed by atoms with E-state index in [1.807, 2.05) is 13.8 Å². The number of esters is 2. The van der Waals surface area contributed by atoms with Gasteiger partial charge in [-0.2, -0.15) is 8.42 Å². The van der Waals surface area contributed by atoms with Crippen LogP contribution in [0.2, 0.25) is 0 Å². The van der Waals surface area contributed by atoms with Gasteiger partial charge < -0.3 is 9.47 Å². The molecule has 5 aliphatic carbocycles. The molecular weight excluding hydrogens is 625 g/mol. The van der Waals surface area contributed by atoms with Crippen molar-refractivity contribution in [1.82, 2.24) is 0 Å². The first-order valence-electron chi connectivity index (χ1n) is 18.8. The van der Waals surface area contributed by atoms with Crippen LogP contribution in [0.25, 0.3) is 0 Å². The molecule has 7 nitrogen and oxygen atoms in total. The Bertz CT molecular complexity index is 1380. The molecule has 0 heterocycles. The Morgan fingerprint density at radius 2 is 1.50 bits per heavy atom. The van der Waals surface area contributed by atoms with Crippen molar-refractivity contribution in [3.05, 3.63) is 12.2 Å². The van der Waals surface area contributed by atoms with Crippen LogP contribution in [0.15, 0.2) is 12.2 Å². The van der Waals surface area contributed by atoms with Crippen LogP contribution < -0.4 is 0 Å². The van der Waals surface area contributed by atoms with E-state index in [0.29, 0.717) is 29.6 Å². The van der Waals surface area contributed by atoms with Gasteiger partial charge in [0.1, 0.15) is 6.10 Å². The molecule has 5 aliphatic rings. The molecule has 5 fully saturated rings. The number of fused-ring (bicyclic) bond motifs is 7. The summed E-state index contributed by atoms with van der Waals surface area (Å²) < 4.78 is 40.3. The smallest absolute Gasteiger partial charge is 0.306 e. The van der Waals surface area contributed by atoms with E-state index in [-0.39, 0.29) is 64.6 Å². The zero-order valence-corrected chi connectivity index (χ0v) is 32.7. The summed E-state index contributed by atoms with van der Waals surface area (Å²) in [5.74, 6) is 2.15. The number of methoxy groups -OCH3 is 1. The molecule has 10 atom stereocenters. The predicted octanol–water partition coefficient (Wildman–Crippen LogP) is 8.90. The SMILES string of the molecule is C=C(C)C1CC[C@]2(CCOS(C)(=O)=O)CC[C@]3(C)C(CCC4[C@@]5(C)CC[C@H](OC(=O)CC(C)(C)CC(=O)OC)C(C)(C)C5CC[C@]43C)C12. The third-order valence-electron chi connectivity index (χ3n) is 15.8. The topological polar surface area (TPSA) is 96.0 Å². The fourth-order valence-corrected chi connectivity index (χ4v) is 13.8. The predicted molar refractivity (Wildman–Crippen MR) is 189 cm³/mol. The molecule has 0 N–H and O–H groups in total.